The highest BCUT2D eigenvalue weighted by Crippen LogP contribution is 2.49. The summed E-state index contributed by atoms with van der Waals surface area (Å²) < 4.78 is 54.1. The van der Waals surface area contributed by atoms with Gasteiger partial charge in [0.05, 0.1) is 0 Å². The summed E-state index contributed by atoms with van der Waals surface area (Å²) in [5.41, 5.74) is 0. The van der Waals surface area contributed by atoms with Crippen LogP contribution >= 0.6 is 0 Å². The van der Waals surface area contributed by atoms with E-state index < -0.39 is 26.6 Å². The first-order valence-electron chi connectivity index (χ1n) is 9.58. The number of carbonyl (C=O) groups excluding carboxylic acids is 1. The number of piperazine rings is 1. The second kappa shape index (κ2) is 7.13. The number of benzene rings is 1. The first-order chi connectivity index (χ1) is 12.9. The molecule has 2 saturated carbocycles. The van der Waals surface area contributed by atoms with Crippen molar-refractivity contribution < 1.29 is 22.0 Å². The molecule has 1 heterocycles. The molecule has 148 valence electrons. The van der Waals surface area contributed by atoms with Crippen LogP contribution in [0.5, 0.6) is 0 Å². The van der Waals surface area contributed by atoms with Crippen LogP contribution < -0.4 is 0 Å². The number of carbonyl (C=O) groups is 1. The number of nitrogens with zero attached hydrogens (tertiary/aromatic N) is 2. The van der Waals surface area contributed by atoms with Crippen molar-refractivity contribution in [2.45, 2.75) is 37.0 Å². The minimum absolute atomic E-state index is 0.0541. The maximum absolute atomic E-state index is 13.9. The summed E-state index contributed by atoms with van der Waals surface area (Å²) in [6.45, 7) is 0.626. The Hall–Kier alpha value is -1.54. The topological polar surface area (TPSA) is 57.7 Å². The molecule has 1 aromatic rings. The van der Waals surface area contributed by atoms with Gasteiger partial charge in [0.25, 0.3) is 0 Å². The molecule has 1 aliphatic heterocycles. The van der Waals surface area contributed by atoms with E-state index in [9.17, 15) is 22.0 Å². The number of sulfonamides is 1. The Kier molecular flexibility index (Phi) is 4.96. The average molecular weight is 398 g/mol. The molecule has 8 heteroatoms. The molecule has 1 aromatic carbocycles. The van der Waals surface area contributed by atoms with Gasteiger partial charge in [-0.15, -0.1) is 0 Å². The van der Waals surface area contributed by atoms with Crippen LogP contribution in [0.15, 0.2) is 23.1 Å². The maximum Gasteiger partial charge on any atom is 0.249 e. The first kappa shape index (κ1) is 18.8. The van der Waals surface area contributed by atoms with E-state index in [2.05, 4.69) is 0 Å². The number of fused-ring (bicyclic) bond motifs is 2. The van der Waals surface area contributed by atoms with Gasteiger partial charge in [0.1, 0.15) is 11.6 Å². The lowest BCUT2D eigenvalue weighted by molar-refractivity contribution is -0.133. The molecule has 2 bridgehead atoms. The van der Waals surface area contributed by atoms with Gasteiger partial charge in [-0.2, -0.15) is 4.31 Å². The smallest absolute Gasteiger partial charge is 0.249 e. The van der Waals surface area contributed by atoms with Crippen LogP contribution in [0.3, 0.4) is 0 Å². The summed E-state index contributed by atoms with van der Waals surface area (Å²) >= 11 is 0. The predicted octanol–water partition coefficient (Wildman–Crippen LogP) is 2.62. The van der Waals surface area contributed by atoms with Crippen molar-refractivity contribution in [3.8, 4) is 0 Å². The van der Waals surface area contributed by atoms with Gasteiger partial charge in [0.2, 0.25) is 15.9 Å². The van der Waals surface area contributed by atoms with Gasteiger partial charge in [0, 0.05) is 32.6 Å². The molecule has 0 unspecified atom stereocenters. The van der Waals surface area contributed by atoms with Gasteiger partial charge < -0.3 is 4.90 Å². The van der Waals surface area contributed by atoms with E-state index in [-0.39, 0.29) is 32.1 Å². The zero-order valence-electron chi connectivity index (χ0n) is 15.1. The number of hydrogen-bond donors (Lipinski definition) is 0. The lowest BCUT2D eigenvalue weighted by Gasteiger charge is -2.35. The Morgan fingerprint density at radius 2 is 1.70 bits per heavy atom. The average Bonchev–Trinajstić information content (AvgIpc) is 3.24. The van der Waals surface area contributed by atoms with Gasteiger partial charge in [0.15, 0.2) is 4.90 Å². The molecule has 2 aliphatic carbocycles. The fourth-order valence-corrected chi connectivity index (χ4v) is 6.55. The molecule has 0 N–H and O–H groups in total. The molecule has 3 fully saturated rings. The van der Waals surface area contributed by atoms with Crippen molar-refractivity contribution in [3.05, 3.63) is 29.8 Å². The zero-order valence-corrected chi connectivity index (χ0v) is 15.9. The number of hydrogen-bond acceptors (Lipinski definition) is 3. The van der Waals surface area contributed by atoms with E-state index in [1.54, 1.807) is 4.90 Å². The van der Waals surface area contributed by atoms with Gasteiger partial charge in [-0.25, -0.2) is 17.2 Å². The quantitative estimate of drug-likeness (QED) is 0.784. The number of halogens is 2. The number of rotatable bonds is 4. The molecule has 0 spiro atoms. The molecule has 1 amide bonds. The van der Waals surface area contributed by atoms with Crippen molar-refractivity contribution in [3.63, 3.8) is 0 Å². The van der Waals surface area contributed by atoms with E-state index in [0.717, 1.165) is 34.8 Å². The third kappa shape index (κ3) is 3.49. The van der Waals surface area contributed by atoms with Crippen molar-refractivity contribution in [1.82, 2.24) is 9.21 Å². The van der Waals surface area contributed by atoms with Crippen molar-refractivity contribution in [2.24, 2.45) is 17.8 Å². The molecule has 1 saturated heterocycles. The number of amides is 1. The fraction of sp³-hybridized carbons (Fsp3) is 0.632. The van der Waals surface area contributed by atoms with Gasteiger partial charge >= 0.3 is 0 Å². The van der Waals surface area contributed by atoms with Crippen LogP contribution in [0.4, 0.5) is 8.78 Å². The van der Waals surface area contributed by atoms with Gasteiger partial charge in [-0.1, -0.05) is 12.5 Å². The minimum Gasteiger partial charge on any atom is -0.340 e. The maximum atomic E-state index is 13.9. The van der Waals surface area contributed by atoms with Crippen LogP contribution in [0, 0.1) is 29.4 Å². The summed E-state index contributed by atoms with van der Waals surface area (Å²) in [6, 6.07) is 3.01. The summed E-state index contributed by atoms with van der Waals surface area (Å²) in [6.07, 6.45) is 5.44. The summed E-state index contributed by atoms with van der Waals surface area (Å²) in [5.74, 6) is -0.197. The highest BCUT2D eigenvalue weighted by Gasteiger charge is 2.41. The van der Waals surface area contributed by atoms with Crippen LogP contribution in [0.1, 0.15) is 32.1 Å². The monoisotopic (exact) mass is 398 g/mol. The first-order valence-corrected chi connectivity index (χ1v) is 11.0. The minimum atomic E-state index is -4.26. The standard InChI is InChI=1S/C19H24F2N2O3S/c20-16-2-1-3-17(21)19(16)27(25,26)23-8-6-22(7-9-23)18(24)12-15-11-13-4-5-14(15)10-13/h1-3,13-15H,4-12H2/t13-,14+,15+/m0/s1. The van der Waals surface area contributed by atoms with Gasteiger partial charge in [-0.05, 0) is 49.1 Å². The van der Waals surface area contributed by atoms with E-state index in [4.69, 9.17) is 0 Å². The summed E-state index contributed by atoms with van der Waals surface area (Å²) in [7, 11) is -4.26. The van der Waals surface area contributed by atoms with Crippen LogP contribution in [0.25, 0.3) is 0 Å². The summed E-state index contributed by atoms with van der Waals surface area (Å²) in [5, 5.41) is 0. The Labute approximate surface area is 158 Å². The molecule has 5 nitrogen and oxygen atoms in total. The molecule has 0 aromatic heterocycles. The molecular formula is C19H24F2N2O3S. The highest BCUT2D eigenvalue weighted by molar-refractivity contribution is 7.89. The molecule has 0 radical (unpaired) electrons. The van der Waals surface area contributed by atoms with Gasteiger partial charge in [-0.3, -0.25) is 4.79 Å². The van der Waals surface area contributed by atoms with E-state index in [0.29, 0.717) is 18.3 Å². The Morgan fingerprint density at radius 1 is 1.04 bits per heavy atom. The van der Waals surface area contributed by atoms with Crippen molar-refractivity contribution in [1.29, 1.82) is 0 Å². The zero-order chi connectivity index (χ0) is 19.2. The van der Waals surface area contributed by atoms with Crippen LogP contribution in [0.2, 0.25) is 0 Å². The van der Waals surface area contributed by atoms with Crippen molar-refractivity contribution in [2.75, 3.05) is 26.2 Å². The Morgan fingerprint density at radius 3 is 2.26 bits per heavy atom. The second-order valence-electron chi connectivity index (χ2n) is 7.97. The third-order valence-electron chi connectivity index (χ3n) is 6.43. The Balaban J connectivity index is 1.38. The SMILES string of the molecule is O=C(C[C@H]1C[C@H]2CC[C@@H]1C2)N1CCN(S(=O)(=O)c2c(F)cccc2F)CC1. The highest BCUT2D eigenvalue weighted by atomic mass is 32.2. The predicted molar refractivity (Wildman–Crippen MR) is 95.3 cm³/mol. The van der Waals surface area contributed by atoms with Crippen LogP contribution in [-0.2, 0) is 14.8 Å². The lowest BCUT2D eigenvalue weighted by atomic mass is 9.86. The lowest BCUT2D eigenvalue weighted by Crippen LogP contribution is -2.51. The fourth-order valence-electron chi connectivity index (χ4n) is 5.02. The molecule has 3 aliphatic rings. The molecular weight excluding hydrogens is 374 g/mol. The van der Waals surface area contributed by atoms with E-state index >= 15 is 0 Å². The molecule has 3 atom stereocenters. The Bertz CT molecular complexity index is 817. The largest absolute Gasteiger partial charge is 0.340 e. The summed E-state index contributed by atoms with van der Waals surface area (Å²) in [4.78, 5) is 13.4. The molecule has 4 rings (SSSR count). The van der Waals surface area contributed by atoms with Crippen LogP contribution in [-0.4, -0.2) is 49.7 Å². The third-order valence-corrected chi connectivity index (χ3v) is 8.38. The second-order valence-corrected chi connectivity index (χ2v) is 9.85. The van der Waals surface area contributed by atoms with Crippen molar-refractivity contribution >= 4 is 15.9 Å². The van der Waals surface area contributed by atoms with E-state index in [1.165, 1.54) is 19.3 Å². The normalized spacial score (nSPS) is 28.7. The molecule has 27 heavy (non-hydrogen) atoms. The van der Waals surface area contributed by atoms with E-state index in [1.807, 2.05) is 0 Å².